The molecule has 1 aromatic heterocycles. The second-order valence-corrected chi connectivity index (χ2v) is 7.05. The molecular formula is C20H30N4O2. The molecule has 1 amide bonds. The highest BCUT2D eigenvalue weighted by molar-refractivity contribution is 5.77. The van der Waals surface area contributed by atoms with Crippen molar-refractivity contribution in [3.63, 3.8) is 0 Å². The third-order valence-electron chi connectivity index (χ3n) is 4.33. The van der Waals surface area contributed by atoms with Crippen molar-refractivity contribution in [2.75, 3.05) is 33.7 Å². The monoisotopic (exact) mass is 358 g/mol. The Bertz CT molecular complexity index is 669. The molecule has 0 bridgehead atoms. The van der Waals surface area contributed by atoms with Crippen molar-refractivity contribution in [1.82, 2.24) is 19.9 Å². The van der Waals surface area contributed by atoms with Crippen LogP contribution in [0.4, 0.5) is 0 Å². The smallest absolute Gasteiger partial charge is 0.227 e. The van der Waals surface area contributed by atoms with Crippen molar-refractivity contribution in [2.45, 2.75) is 33.1 Å². The summed E-state index contributed by atoms with van der Waals surface area (Å²) in [7, 11) is 3.98. The summed E-state index contributed by atoms with van der Waals surface area (Å²) in [5, 5.41) is 4.05. The maximum atomic E-state index is 11.8. The quantitative estimate of drug-likeness (QED) is 0.653. The summed E-state index contributed by atoms with van der Waals surface area (Å²) >= 11 is 0. The zero-order chi connectivity index (χ0) is 18.9. The molecule has 1 aromatic carbocycles. The molecule has 1 heterocycles. The number of hydrogen-bond donors (Lipinski definition) is 0. The summed E-state index contributed by atoms with van der Waals surface area (Å²) < 4.78 is 5.34. The zero-order valence-electron chi connectivity index (χ0n) is 16.3. The molecule has 0 spiro atoms. The van der Waals surface area contributed by atoms with E-state index in [1.807, 2.05) is 56.1 Å². The van der Waals surface area contributed by atoms with Gasteiger partial charge in [-0.1, -0.05) is 49.3 Å². The minimum atomic E-state index is 0.0629. The van der Waals surface area contributed by atoms with Gasteiger partial charge in [-0.3, -0.25) is 4.79 Å². The van der Waals surface area contributed by atoms with Crippen molar-refractivity contribution in [1.29, 1.82) is 0 Å². The molecule has 2 aromatic rings. The molecule has 0 saturated heterocycles. The lowest BCUT2D eigenvalue weighted by Gasteiger charge is -2.21. The third kappa shape index (κ3) is 6.26. The highest BCUT2D eigenvalue weighted by Gasteiger charge is 2.12. The number of nitrogens with zero attached hydrogens (tertiary/aromatic N) is 4. The van der Waals surface area contributed by atoms with Crippen molar-refractivity contribution >= 4 is 5.91 Å². The lowest BCUT2D eigenvalue weighted by Crippen LogP contribution is -2.33. The van der Waals surface area contributed by atoms with Crippen LogP contribution in [0, 0.1) is 5.92 Å². The van der Waals surface area contributed by atoms with E-state index in [1.165, 1.54) is 0 Å². The molecule has 6 nitrogen and oxygen atoms in total. The predicted molar refractivity (Wildman–Crippen MR) is 103 cm³/mol. The summed E-state index contributed by atoms with van der Waals surface area (Å²) in [5.41, 5.74) is 0.972. The van der Waals surface area contributed by atoms with Crippen LogP contribution in [-0.4, -0.2) is 59.6 Å². The highest BCUT2D eigenvalue weighted by atomic mass is 16.5. The topological polar surface area (TPSA) is 62.5 Å². The molecule has 0 aliphatic heterocycles. The molecule has 2 rings (SSSR count). The number of aryl methyl sites for hydroxylation is 1. The Morgan fingerprint density at radius 1 is 1.08 bits per heavy atom. The first-order valence-electron chi connectivity index (χ1n) is 9.29. The molecule has 0 saturated carbocycles. The zero-order valence-corrected chi connectivity index (χ0v) is 16.3. The Kier molecular flexibility index (Phi) is 7.78. The van der Waals surface area contributed by atoms with Crippen LogP contribution in [0.15, 0.2) is 34.9 Å². The van der Waals surface area contributed by atoms with Crippen LogP contribution in [-0.2, 0) is 11.2 Å². The molecule has 142 valence electrons. The van der Waals surface area contributed by atoms with Gasteiger partial charge >= 0.3 is 0 Å². The van der Waals surface area contributed by atoms with Crippen molar-refractivity contribution in [2.24, 2.45) is 5.92 Å². The molecule has 0 radical (unpaired) electrons. The van der Waals surface area contributed by atoms with E-state index in [4.69, 9.17) is 4.52 Å². The number of aromatic nitrogens is 2. The average molecular weight is 358 g/mol. The lowest BCUT2D eigenvalue weighted by molar-refractivity contribution is -0.133. The van der Waals surface area contributed by atoms with Crippen LogP contribution in [0.25, 0.3) is 11.4 Å². The Morgan fingerprint density at radius 3 is 2.46 bits per heavy atom. The van der Waals surface area contributed by atoms with E-state index in [0.29, 0.717) is 11.7 Å². The summed E-state index contributed by atoms with van der Waals surface area (Å²) in [6, 6.07) is 9.85. The van der Waals surface area contributed by atoms with E-state index in [-0.39, 0.29) is 11.8 Å². The number of hydrogen-bond acceptors (Lipinski definition) is 5. The van der Waals surface area contributed by atoms with Crippen LogP contribution in [0.5, 0.6) is 0 Å². The maximum Gasteiger partial charge on any atom is 0.227 e. The molecule has 0 fully saturated rings. The fourth-order valence-electron chi connectivity index (χ4n) is 2.80. The largest absolute Gasteiger partial charge is 0.345 e. The Labute approximate surface area is 156 Å². The van der Waals surface area contributed by atoms with Crippen molar-refractivity contribution < 1.29 is 9.32 Å². The van der Waals surface area contributed by atoms with E-state index in [9.17, 15) is 4.79 Å². The first-order valence-corrected chi connectivity index (χ1v) is 9.29. The van der Waals surface area contributed by atoms with Crippen LogP contribution >= 0.6 is 0 Å². The number of carbonyl (C=O) groups excluding carboxylic acids is 1. The molecule has 26 heavy (non-hydrogen) atoms. The van der Waals surface area contributed by atoms with Gasteiger partial charge in [-0.2, -0.15) is 4.98 Å². The lowest BCUT2D eigenvalue weighted by atomic mass is 10.2. The normalized spacial score (nSPS) is 11.3. The molecule has 0 aliphatic rings. The number of amides is 1. The van der Waals surface area contributed by atoms with Crippen LogP contribution in [0.1, 0.15) is 32.6 Å². The maximum absolute atomic E-state index is 11.8. The minimum Gasteiger partial charge on any atom is -0.345 e. The van der Waals surface area contributed by atoms with Crippen LogP contribution in [0.2, 0.25) is 0 Å². The van der Waals surface area contributed by atoms with Gasteiger partial charge in [-0.05, 0) is 33.0 Å². The van der Waals surface area contributed by atoms with Gasteiger partial charge in [-0.15, -0.1) is 0 Å². The standard InChI is InChI=1S/C20H30N4O2/c1-16(2)20(25)24(4)15-9-14-23(3)13-8-12-18-21-19(22-26-18)17-10-6-5-7-11-17/h5-7,10-11,16H,8-9,12-15H2,1-4H3. The third-order valence-corrected chi connectivity index (χ3v) is 4.33. The van der Waals surface area contributed by atoms with Gasteiger partial charge in [0, 0.05) is 31.5 Å². The summed E-state index contributed by atoms with van der Waals surface area (Å²) in [4.78, 5) is 20.4. The predicted octanol–water partition coefficient (Wildman–Crippen LogP) is 3.11. The van der Waals surface area contributed by atoms with Gasteiger partial charge < -0.3 is 14.3 Å². The summed E-state index contributed by atoms with van der Waals surface area (Å²) in [5.74, 6) is 1.59. The Morgan fingerprint density at radius 2 is 1.77 bits per heavy atom. The van der Waals surface area contributed by atoms with Gasteiger partial charge in [0.15, 0.2) is 0 Å². The van der Waals surface area contributed by atoms with E-state index < -0.39 is 0 Å². The van der Waals surface area contributed by atoms with Crippen LogP contribution < -0.4 is 0 Å². The fraction of sp³-hybridized carbons (Fsp3) is 0.550. The molecule has 0 aliphatic carbocycles. The SMILES string of the molecule is CC(C)C(=O)N(C)CCCN(C)CCCc1nc(-c2ccccc2)no1. The average Bonchev–Trinajstić information content (AvgIpc) is 3.10. The molecule has 6 heteroatoms. The van der Waals surface area contributed by atoms with E-state index in [0.717, 1.165) is 44.5 Å². The van der Waals surface area contributed by atoms with Crippen molar-refractivity contribution in [3.8, 4) is 11.4 Å². The second-order valence-electron chi connectivity index (χ2n) is 7.05. The molecule has 0 N–H and O–H groups in total. The molecule has 0 unspecified atom stereocenters. The second kappa shape index (κ2) is 10.1. The molecule has 0 atom stereocenters. The van der Waals surface area contributed by atoms with Crippen LogP contribution in [0.3, 0.4) is 0 Å². The Hall–Kier alpha value is -2.21. The van der Waals surface area contributed by atoms with Crippen molar-refractivity contribution in [3.05, 3.63) is 36.2 Å². The van der Waals surface area contributed by atoms with Gasteiger partial charge in [0.05, 0.1) is 0 Å². The van der Waals surface area contributed by atoms with Gasteiger partial charge in [0.25, 0.3) is 0 Å². The van der Waals surface area contributed by atoms with Gasteiger partial charge in [0.1, 0.15) is 0 Å². The number of carbonyl (C=O) groups is 1. The van der Waals surface area contributed by atoms with E-state index >= 15 is 0 Å². The van der Waals surface area contributed by atoms with Gasteiger partial charge in [-0.25, -0.2) is 0 Å². The highest BCUT2D eigenvalue weighted by Crippen LogP contribution is 2.15. The van der Waals surface area contributed by atoms with Gasteiger partial charge in [0.2, 0.25) is 17.6 Å². The first kappa shape index (κ1) is 20.1. The Balaban J connectivity index is 1.65. The number of rotatable bonds is 10. The summed E-state index contributed by atoms with van der Waals surface area (Å²) in [6.45, 7) is 6.60. The molecular weight excluding hydrogens is 328 g/mol. The minimum absolute atomic E-state index is 0.0629. The van der Waals surface area contributed by atoms with E-state index in [1.54, 1.807) is 0 Å². The number of benzene rings is 1. The first-order chi connectivity index (χ1) is 12.5. The fourth-order valence-corrected chi connectivity index (χ4v) is 2.80. The summed E-state index contributed by atoms with van der Waals surface area (Å²) in [6.07, 6.45) is 2.72. The van der Waals surface area contributed by atoms with E-state index in [2.05, 4.69) is 22.1 Å².